The first-order valence-electron chi connectivity index (χ1n) is 12.5. The Bertz CT molecular complexity index is 1460. The van der Waals surface area contributed by atoms with Gasteiger partial charge in [-0.3, -0.25) is 14.8 Å². The average molecular weight is 496 g/mol. The number of ether oxygens (including phenoxy) is 2. The molecule has 4 aliphatic rings. The highest BCUT2D eigenvalue weighted by molar-refractivity contribution is 6.06. The van der Waals surface area contributed by atoms with Gasteiger partial charge in [0.1, 0.15) is 6.10 Å². The number of hydrogen-bond donors (Lipinski definition) is 1. The van der Waals surface area contributed by atoms with Gasteiger partial charge in [0.25, 0.3) is 0 Å². The Morgan fingerprint density at radius 3 is 2.57 bits per heavy atom. The summed E-state index contributed by atoms with van der Waals surface area (Å²) in [6.45, 7) is 0.742. The summed E-state index contributed by atoms with van der Waals surface area (Å²) in [6.07, 6.45) is 10.1. The van der Waals surface area contributed by atoms with Gasteiger partial charge in [-0.05, 0) is 62.3 Å². The Morgan fingerprint density at radius 2 is 1.84 bits per heavy atom. The van der Waals surface area contributed by atoms with E-state index in [1.165, 1.54) is 12.4 Å². The van der Waals surface area contributed by atoms with E-state index in [1.54, 1.807) is 48.8 Å². The van der Waals surface area contributed by atoms with E-state index in [-0.39, 0.29) is 23.5 Å². The Labute approximate surface area is 213 Å². The van der Waals surface area contributed by atoms with Gasteiger partial charge in [0.15, 0.2) is 11.5 Å². The number of esters is 1. The maximum atomic E-state index is 14.4. The molecule has 0 saturated carbocycles. The van der Waals surface area contributed by atoms with Crippen LogP contribution in [0.2, 0.25) is 0 Å². The summed E-state index contributed by atoms with van der Waals surface area (Å²) in [5.74, 6) is -0.353. The number of ketones is 1. The van der Waals surface area contributed by atoms with Crippen LogP contribution in [-0.4, -0.2) is 63.1 Å². The molecule has 8 heteroatoms. The molecule has 1 fully saturated rings. The Morgan fingerprint density at radius 1 is 1.08 bits per heavy atom. The summed E-state index contributed by atoms with van der Waals surface area (Å²) >= 11 is 0. The molecule has 2 aliphatic heterocycles. The minimum absolute atomic E-state index is 0.0618. The minimum atomic E-state index is -1.61. The van der Waals surface area contributed by atoms with Crippen molar-refractivity contribution in [1.82, 2.24) is 14.9 Å². The Kier molecular flexibility index (Phi) is 4.71. The number of piperidine rings is 1. The lowest BCUT2D eigenvalue weighted by Gasteiger charge is -2.60. The Hall–Kier alpha value is -3.88. The van der Waals surface area contributed by atoms with E-state index in [9.17, 15) is 14.7 Å². The number of likely N-dealkylation sites (tertiary alicyclic amines) is 1. The summed E-state index contributed by atoms with van der Waals surface area (Å²) in [6, 6.07) is 10.5. The molecule has 2 aromatic heterocycles. The standard InChI is InChI=1S/C29H25N3O5/c1-32-13-10-28-20-7-9-23(33)29(28,26(34)18-4-2-11-30-15-18)37-25-22(8-6-17(24(25)28)14-21(20)32)36-27(35)19-5-3-12-31-16-19/h2-9,11-12,15-16,20-21,23,33H,10,13-14H2,1H3/t20-,21+,23-,28-,29+/m0/s1. The number of aromatic nitrogens is 2. The smallest absolute Gasteiger partial charge is 0.345 e. The molecule has 7 rings (SSSR count). The highest BCUT2D eigenvalue weighted by atomic mass is 16.6. The second kappa shape index (κ2) is 7.81. The molecule has 3 aromatic rings. The number of likely N-dealkylation sites (N-methyl/N-ethyl adjacent to an activating group) is 1. The first kappa shape index (κ1) is 22.3. The number of carbonyl (C=O) groups excluding carboxylic acids is 2. The van der Waals surface area contributed by atoms with Crippen LogP contribution in [-0.2, 0) is 11.8 Å². The van der Waals surface area contributed by atoms with Gasteiger partial charge >= 0.3 is 5.97 Å². The van der Waals surface area contributed by atoms with Gasteiger partial charge in [-0.25, -0.2) is 4.79 Å². The highest BCUT2D eigenvalue weighted by Gasteiger charge is 2.75. The zero-order chi connectivity index (χ0) is 25.4. The highest BCUT2D eigenvalue weighted by Crippen LogP contribution is 2.67. The van der Waals surface area contributed by atoms with Crippen LogP contribution in [0.1, 0.15) is 38.3 Å². The van der Waals surface area contributed by atoms with Gasteiger partial charge in [-0.15, -0.1) is 0 Å². The molecule has 1 saturated heterocycles. The van der Waals surface area contributed by atoms with Crippen molar-refractivity contribution in [3.63, 3.8) is 0 Å². The monoisotopic (exact) mass is 495 g/mol. The van der Waals surface area contributed by atoms with Crippen LogP contribution in [0.15, 0.2) is 73.3 Å². The van der Waals surface area contributed by atoms with E-state index in [1.807, 2.05) is 6.07 Å². The number of pyridine rings is 2. The number of aliphatic hydroxyl groups excluding tert-OH is 1. The van der Waals surface area contributed by atoms with E-state index < -0.39 is 23.1 Å². The summed E-state index contributed by atoms with van der Waals surface area (Å²) in [5.41, 5.74) is 0.176. The van der Waals surface area contributed by atoms with Crippen molar-refractivity contribution in [2.24, 2.45) is 5.92 Å². The molecule has 1 spiro atoms. The third kappa shape index (κ3) is 2.79. The van der Waals surface area contributed by atoms with Crippen molar-refractivity contribution in [2.75, 3.05) is 13.6 Å². The molecule has 37 heavy (non-hydrogen) atoms. The topological polar surface area (TPSA) is 102 Å². The number of Topliss-reactive ketones (excluding diaryl/α,β-unsaturated/α-hetero) is 1. The molecule has 0 amide bonds. The summed E-state index contributed by atoms with van der Waals surface area (Å²) in [5, 5.41) is 11.6. The van der Waals surface area contributed by atoms with E-state index in [0.717, 1.165) is 24.1 Å². The molecular formula is C29H25N3O5. The normalized spacial score (nSPS) is 30.8. The van der Waals surface area contributed by atoms with E-state index in [4.69, 9.17) is 9.47 Å². The van der Waals surface area contributed by atoms with Crippen LogP contribution < -0.4 is 9.47 Å². The average Bonchev–Trinajstić information content (AvgIpc) is 3.26. The van der Waals surface area contributed by atoms with Crippen molar-refractivity contribution < 1.29 is 24.2 Å². The zero-order valence-electron chi connectivity index (χ0n) is 20.2. The fourth-order valence-electron chi connectivity index (χ4n) is 7.12. The molecule has 186 valence electrons. The molecule has 0 radical (unpaired) electrons. The summed E-state index contributed by atoms with van der Waals surface area (Å²) < 4.78 is 12.6. The molecule has 5 atom stereocenters. The lowest BCUT2D eigenvalue weighted by Crippen LogP contribution is -2.73. The second-order valence-electron chi connectivity index (χ2n) is 10.3. The number of hydrogen-bond acceptors (Lipinski definition) is 8. The SMILES string of the molecule is CN1CC[C@]23c4c5ccc(OC(=O)c6cccnc6)c4O[C@@]2(C(=O)c2cccnc2)[C@@H](O)C=C[C@H]3[C@H]1C5. The molecule has 2 aliphatic carbocycles. The number of carbonyl (C=O) groups is 2. The third-order valence-corrected chi connectivity index (χ3v) is 8.70. The van der Waals surface area contributed by atoms with Gasteiger partial charge in [-0.1, -0.05) is 18.2 Å². The van der Waals surface area contributed by atoms with Crippen LogP contribution in [0.4, 0.5) is 0 Å². The van der Waals surface area contributed by atoms with Crippen molar-refractivity contribution >= 4 is 11.8 Å². The summed E-state index contributed by atoms with van der Waals surface area (Å²) in [4.78, 5) is 37.9. The first-order chi connectivity index (χ1) is 18.0. The van der Waals surface area contributed by atoms with Crippen LogP contribution >= 0.6 is 0 Å². The first-order valence-corrected chi connectivity index (χ1v) is 12.5. The van der Waals surface area contributed by atoms with E-state index >= 15 is 0 Å². The van der Waals surface area contributed by atoms with E-state index in [0.29, 0.717) is 23.3 Å². The lowest BCUT2D eigenvalue weighted by atomic mass is 9.47. The fourth-order valence-corrected chi connectivity index (χ4v) is 7.12. The van der Waals surface area contributed by atoms with Gasteiger partial charge in [0.05, 0.1) is 11.0 Å². The van der Waals surface area contributed by atoms with Crippen LogP contribution in [0.3, 0.4) is 0 Å². The second-order valence-corrected chi connectivity index (χ2v) is 10.3. The van der Waals surface area contributed by atoms with Gasteiger partial charge < -0.3 is 19.5 Å². The van der Waals surface area contributed by atoms with Crippen molar-refractivity contribution in [2.45, 2.75) is 36.0 Å². The third-order valence-electron chi connectivity index (χ3n) is 8.70. The predicted octanol–water partition coefficient (Wildman–Crippen LogP) is 2.75. The molecular weight excluding hydrogens is 470 g/mol. The van der Waals surface area contributed by atoms with Crippen LogP contribution in [0.25, 0.3) is 0 Å². The maximum Gasteiger partial charge on any atom is 0.345 e. The van der Waals surface area contributed by atoms with Gasteiger partial charge in [-0.2, -0.15) is 0 Å². The van der Waals surface area contributed by atoms with Crippen LogP contribution in [0, 0.1) is 5.92 Å². The van der Waals surface area contributed by atoms with Gasteiger partial charge in [0.2, 0.25) is 11.4 Å². The molecule has 1 N–H and O–H groups in total. The zero-order valence-corrected chi connectivity index (χ0v) is 20.2. The fraction of sp³-hybridized carbons (Fsp3) is 0.310. The number of nitrogens with zero attached hydrogens (tertiary/aromatic N) is 3. The number of rotatable bonds is 4. The predicted molar refractivity (Wildman–Crippen MR) is 133 cm³/mol. The van der Waals surface area contributed by atoms with Crippen molar-refractivity contribution in [3.8, 4) is 11.5 Å². The molecule has 1 aromatic carbocycles. The van der Waals surface area contributed by atoms with Crippen LogP contribution in [0.5, 0.6) is 11.5 Å². The molecule has 8 nitrogen and oxygen atoms in total. The van der Waals surface area contributed by atoms with Crippen molar-refractivity contribution in [1.29, 1.82) is 0 Å². The van der Waals surface area contributed by atoms with Crippen molar-refractivity contribution in [3.05, 3.63) is 95.6 Å². The van der Waals surface area contributed by atoms with E-state index in [2.05, 4.69) is 28.0 Å². The Balaban J connectivity index is 1.45. The molecule has 2 bridgehead atoms. The number of benzene rings is 1. The molecule has 4 heterocycles. The summed E-state index contributed by atoms with van der Waals surface area (Å²) in [7, 11) is 2.10. The largest absolute Gasteiger partial charge is 0.471 e. The quantitative estimate of drug-likeness (QED) is 0.255. The number of aliphatic hydroxyl groups is 1. The van der Waals surface area contributed by atoms with Gasteiger partial charge in [0, 0.05) is 47.9 Å². The minimum Gasteiger partial charge on any atom is -0.471 e. The lowest BCUT2D eigenvalue weighted by molar-refractivity contribution is -0.0960. The maximum absolute atomic E-state index is 14.4. The molecule has 0 unspecified atom stereocenters.